The zero-order valence-corrected chi connectivity index (χ0v) is 28.7. The number of carboxylic acid groups (broad SMARTS) is 1. The molecule has 0 aliphatic heterocycles. The summed E-state index contributed by atoms with van der Waals surface area (Å²) in [6.45, 7) is 6.84. The summed E-state index contributed by atoms with van der Waals surface area (Å²) >= 11 is 0. The molecule has 2 heterocycles. The molecule has 4 N–H and O–H groups in total. The van der Waals surface area contributed by atoms with E-state index >= 15 is 8.78 Å². The molecule has 13 nitrogen and oxygen atoms in total. The Bertz CT molecular complexity index is 2130. The molecule has 0 bridgehead atoms. The fourth-order valence-electron chi connectivity index (χ4n) is 4.59. The maximum atomic E-state index is 15.1. The van der Waals surface area contributed by atoms with E-state index in [4.69, 9.17) is 4.74 Å². The lowest BCUT2D eigenvalue weighted by molar-refractivity contribution is -0.139. The van der Waals surface area contributed by atoms with Gasteiger partial charge in [-0.2, -0.15) is 0 Å². The number of carboxylic acids is 1. The van der Waals surface area contributed by atoms with Crippen molar-refractivity contribution in [3.63, 3.8) is 0 Å². The van der Waals surface area contributed by atoms with Crippen LogP contribution in [0.3, 0.4) is 0 Å². The second-order valence-electron chi connectivity index (χ2n) is 12.4. The van der Waals surface area contributed by atoms with Crippen LogP contribution in [0.15, 0.2) is 70.5 Å². The van der Waals surface area contributed by atoms with Crippen molar-refractivity contribution in [1.29, 1.82) is 0 Å². The lowest BCUT2D eigenvalue weighted by Crippen LogP contribution is -2.42. The fourth-order valence-corrected chi connectivity index (χ4v) is 5.65. The Kier molecular flexibility index (Phi) is 10.8. The normalized spacial score (nSPS) is 12.2. The van der Waals surface area contributed by atoms with E-state index in [1.165, 1.54) is 42.1 Å². The third-order valence-corrected chi connectivity index (χ3v) is 9.01. The molecule has 16 heteroatoms. The highest BCUT2D eigenvalue weighted by Gasteiger charge is 2.26. The number of aliphatic carboxylic acids is 1. The van der Waals surface area contributed by atoms with Crippen LogP contribution in [0.2, 0.25) is 0 Å². The van der Waals surface area contributed by atoms with Gasteiger partial charge in [-0.1, -0.05) is 26.8 Å². The molecule has 1 atom stereocenters. The highest BCUT2D eigenvalue weighted by molar-refractivity contribution is 7.92. The number of pyridine rings is 2. The van der Waals surface area contributed by atoms with Gasteiger partial charge in [0.1, 0.15) is 29.0 Å². The number of benzene rings is 2. The average molecular weight is 712 g/mol. The quantitative estimate of drug-likeness (QED) is 0.177. The minimum Gasteiger partial charge on any atom is -0.496 e. The van der Waals surface area contributed by atoms with Crippen molar-refractivity contribution in [2.45, 2.75) is 45.1 Å². The van der Waals surface area contributed by atoms with E-state index in [2.05, 4.69) is 15.6 Å². The summed E-state index contributed by atoms with van der Waals surface area (Å²) in [6.07, 6.45) is 1.00. The largest absolute Gasteiger partial charge is 0.496 e. The lowest BCUT2D eigenvalue weighted by atomic mass is 9.95. The summed E-state index contributed by atoms with van der Waals surface area (Å²) in [5.41, 5.74) is -0.957. The summed E-state index contributed by atoms with van der Waals surface area (Å²) in [6, 6.07) is 8.93. The summed E-state index contributed by atoms with van der Waals surface area (Å²) < 4.78 is 64.6. The molecule has 2 aromatic heterocycles. The van der Waals surface area contributed by atoms with E-state index in [1.54, 1.807) is 40.8 Å². The zero-order chi connectivity index (χ0) is 37.1. The van der Waals surface area contributed by atoms with Gasteiger partial charge in [-0.25, -0.2) is 22.0 Å². The predicted octanol–water partition coefficient (Wildman–Crippen LogP) is 4.25. The summed E-state index contributed by atoms with van der Waals surface area (Å²) in [5.74, 6) is -5.39. The number of nitrogens with zero attached hydrogens (tertiary/aromatic N) is 2. The highest BCUT2D eigenvalue weighted by Crippen LogP contribution is 2.27. The number of nitrogens with one attached hydrogen (secondary N) is 3. The number of rotatable bonds is 11. The van der Waals surface area contributed by atoms with Crippen LogP contribution in [0, 0.1) is 24.0 Å². The first kappa shape index (κ1) is 37.2. The number of aromatic nitrogens is 2. The van der Waals surface area contributed by atoms with Gasteiger partial charge >= 0.3 is 5.97 Å². The first-order valence-electron chi connectivity index (χ1n) is 15.0. The molecule has 0 saturated heterocycles. The maximum Gasteiger partial charge on any atom is 0.326 e. The third kappa shape index (κ3) is 8.31. The molecule has 2 amide bonds. The molecule has 0 saturated carbocycles. The van der Waals surface area contributed by atoms with Crippen LogP contribution < -0.4 is 25.7 Å². The van der Waals surface area contributed by atoms with Crippen LogP contribution >= 0.6 is 0 Å². The molecule has 4 rings (SSSR count). The van der Waals surface area contributed by atoms with Gasteiger partial charge < -0.3 is 25.0 Å². The van der Waals surface area contributed by atoms with Crippen LogP contribution in [0.4, 0.5) is 20.2 Å². The molecule has 0 fully saturated rings. The van der Waals surface area contributed by atoms with Crippen molar-refractivity contribution in [2.75, 3.05) is 17.1 Å². The van der Waals surface area contributed by atoms with E-state index in [0.29, 0.717) is 34.8 Å². The number of sulfonamides is 1. The van der Waals surface area contributed by atoms with Crippen LogP contribution in [0.1, 0.15) is 42.4 Å². The van der Waals surface area contributed by atoms with Gasteiger partial charge in [0.2, 0.25) is 5.91 Å². The van der Waals surface area contributed by atoms with Gasteiger partial charge in [0.15, 0.2) is 0 Å². The molecular weight excluding hydrogens is 676 g/mol. The predicted molar refractivity (Wildman–Crippen MR) is 180 cm³/mol. The van der Waals surface area contributed by atoms with Crippen molar-refractivity contribution >= 4 is 39.2 Å². The Labute approximate surface area is 286 Å². The maximum absolute atomic E-state index is 15.1. The topological polar surface area (TPSA) is 186 Å². The molecule has 4 aromatic rings. The van der Waals surface area contributed by atoms with Crippen molar-refractivity contribution < 1.29 is 41.4 Å². The molecule has 264 valence electrons. The standard InChI is InChI=1S/C34H35F2N5O8S/c1-18-13-28(49-6)29(31(43)41(18)5)25-12-7-19(17-37-25)14-27(32(44)45)39-30(42)22-15-24(36)26(16-23(22)35)40-50(47,48)21-10-8-20(9-11-21)38-33(46)34(2,3)4/h7-13,15-17,27,40H,14H2,1-6H3,(H,38,46)(H,39,42)(H,44,45)/t27-/m0/s1. The third-order valence-electron chi connectivity index (χ3n) is 7.63. The van der Waals surface area contributed by atoms with Crippen LogP contribution in [-0.2, 0) is 33.1 Å². The van der Waals surface area contributed by atoms with E-state index < -0.39 is 56.2 Å². The zero-order valence-electron chi connectivity index (χ0n) is 27.9. The van der Waals surface area contributed by atoms with Gasteiger partial charge in [0.25, 0.3) is 21.5 Å². The second kappa shape index (κ2) is 14.5. The van der Waals surface area contributed by atoms with Crippen molar-refractivity contribution in [3.05, 3.63) is 99.6 Å². The number of hydrogen-bond acceptors (Lipinski definition) is 8. The molecule has 50 heavy (non-hydrogen) atoms. The molecule has 0 radical (unpaired) electrons. The lowest BCUT2D eigenvalue weighted by Gasteiger charge is -2.18. The Morgan fingerprint density at radius 2 is 1.68 bits per heavy atom. The molecule has 0 spiro atoms. The van der Waals surface area contributed by atoms with Gasteiger partial charge in [-0.15, -0.1) is 0 Å². The number of carbonyl (C=O) groups excluding carboxylic acids is 2. The molecule has 0 aliphatic carbocycles. The highest BCUT2D eigenvalue weighted by atomic mass is 32.2. The van der Waals surface area contributed by atoms with Crippen molar-refractivity contribution in [2.24, 2.45) is 12.5 Å². The van der Waals surface area contributed by atoms with Crippen LogP contribution in [0.25, 0.3) is 11.3 Å². The number of amides is 2. The average Bonchev–Trinajstić information content (AvgIpc) is 3.04. The van der Waals surface area contributed by atoms with E-state index in [0.717, 1.165) is 12.1 Å². The van der Waals surface area contributed by atoms with Crippen molar-refractivity contribution in [3.8, 4) is 17.0 Å². The minimum atomic E-state index is -4.43. The number of hydrogen-bond donors (Lipinski definition) is 4. The number of anilines is 2. The summed E-state index contributed by atoms with van der Waals surface area (Å²) in [5, 5.41) is 14.5. The molecule has 0 aliphatic rings. The Balaban J connectivity index is 1.48. The first-order chi connectivity index (χ1) is 23.3. The number of carbonyl (C=O) groups is 3. The monoisotopic (exact) mass is 711 g/mol. The number of methoxy groups -OCH3 is 1. The fraction of sp³-hybridized carbons (Fsp3) is 0.265. The minimum absolute atomic E-state index is 0.193. The molecular formula is C34H35F2N5O8S. The second-order valence-corrected chi connectivity index (χ2v) is 14.0. The molecule has 2 aromatic carbocycles. The van der Waals surface area contributed by atoms with E-state index in [9.17, 15) is 32.7 Å². The Morgan fingerprint density at radius 1 is 1.02 bits per heavy atom. The Morgan fingerprint density at radius 3 is 2.24 bits per heavy atom. The van der Waals surface area contributed by atoms with Gasteiger partial charge in [0.05, 0.1) is 29.0 Å². The molecule has 0 unspecified atom stereocenters. The first-order valence-corrected chi connectivity index (χ1v) is 16.5. The summed E-state index contributed by atoms with van der Waals surface area (Å²) in [7, 11) is -1.44. The van der Waals surface area contributed by atoms with Gasteiger partial charge in [0, 0.05) is 48.6 Å². The number of halogens is 2. The number of ether oxygens (including phenoxy) is 1. The van der Waals surface area contributed by atoms with Gasteiger partial charge in [-0.05, 0) is 48.9 Å². The van der Waals surface area contributed by atoms with Gasteiger partial charge in [-0.3, -0.25) is 24.1 Å². The SMILES string of the molecule is COc1cc(C)n(C)c(=O)c1-c1ccc(C[C@H](NC(=O)c2cc(F)c(NS(=O)(=O)c3ccc(NC(=O)C(C)(C)C)cc3)cc2F)C(=O)O)cn1. The van der Waals surface area contributed by atoms with E-state index in [-0.39, 0.29) is 34.0 Å². The number of aryl methyl sites for hydroxylation is 1. The van der Waals surface area contributed by atoms with Crippen molar-refractivity contribution in [1.82, 2.24) is 14.9 Å². The van der Waals surface area contributed by atoms with E-state index in [1.807, 2.05) is 4.72 Å². The smallest absolute Gasteiger partial charge is 0.326 e. The summed E-state index contributed by atoms with van der Waals surface area (Å²) in [4.78, 5) is 53.9. The van der Waals surface area contributed by atoms with Crippen LogP contribution in [0.5, 0.6) is 5.75 Å². The van der Waals surface area contributed by atoms with Crippen LogP contribution in [-0.4, -0.2) is 54.0 Å². The Hall–Kier alpha value is -5.64.